The van der Waals surface area contributed by atoms with Gasteiger partial charge < -0.3 is 10.1 Å². The number of ether oxygens (including phenoxy) is 1. The van der Waals surface area contributed by atoms with Crippen LogP contribution in [0.3, 0.4) is 0 Å². The maximum absolute atomic E-state index is 14.0. The maximum Gasteiger partial charge on any atom is 0.264 e. The van der Waals surface area contributed by atoms with E-state index in [9.17, 15) is 9.18 Å². The molecule has 0 radical (unpaired) electrons. The predicted octanol–water partition coefficient (Wildman–Crippen LogP) is 7.35. The number of rotatable bonds is 8. The molecule has 0 aromatic heterocycles. The fourth-order valence-corrected chi connectivity index (χ4v) is 5.02. The van der Waals surface area contributed by atoms with Gasteiger partial charge in [0.1, 0.15) is 18.2 Å². The minimum absolute atomic E-state index is 0.104. The molecule has 4 nitrogen and oxygen atoms in total. The Hall–Kier alpha value is -3.16. The van der Waals surface area contributed by atoms with E-state index in [4.69, 9.17) is 4.74 Å². The summed E-state index contributed by atoms with van der Waals surface area (Å²) in [6, 6.07) is 18.3. The number of thioether (sulfide) groups is 1. The summed E-state index contributed by atoms with van der Waals surface area (Å²) in [5, 5.41) is 3.37. The van der Waals surface area contributed by atoms with Crippen LogP contribution in [0.25, 0.3) is 6.08 Å². The number of aryl methyl sites for hydroxylation is 1. The second-order valence-corrected chi connectivity index (χ2v) is 9.75. The number of nitrogens with zero attached hydrogens (tertiary/aromatic N) is 1. The third-order valence-electron chi connectivity index (χ3n) is 5.36. The normalized spacial score (nSPS) is 15.5. The number of allylic oxidation sites excluding steroid dienone is 1. The maximum atomic E-state index is 14.0. The Bertz CT molecular complexity index is 1320. The Morgan fingerprint density at radius 2 is 1.91 bits per heavy atom. The van der Waals surface area contributed by atoms with Crippen molar-refractivity contribution in [2.75, 3.05) is 0 Å². The van der Waals surface area contributed by atoms with Gasteiger partial charge in [-0.15, -0.1) is 6.58 Å². The molecule has 1 saturated heterocycles. The van der Waals surface area contributed by atoms with Crippen LogP contribution in [0.1, 0.15) is 29.2 Å². The predicted molar refractivity (Wildman–Crippen MR) is 145 cm³/mol. The van der Waals surface area contributed by atoms with E-state index in [2.05, 4.69) is 39.7 Å². The van der Waals surface area contributed by atoms with Crippen molar-refractivity contribution in [2.24, 2.45) is 4.99 Å². The number of amidine groups is 1. The molecule has 0 spiro atoms. The van der Waals surface area contributed by atoms with Gasteiger partial charge in [0.15, 0.2) is 5.17 Å². The highest BCUT2D eigenvalue weighted by Crippen LogP contribution is 2.35. The van der Waals surface area contributed by atoms with Crippen LogP contribution in [0.2, 0.25) is 0 Å². The van der Waals surface area contributed by atoms with Crippen molar-refractivity contribution >= 4 is 50.5 Å². The Balaban J connectivity index is 1.55. The first-order chi connectivity index (χ1) is 17.0. The smallest absolute Gasteiger partial charge is 0.264 e. The number of carbonyl (C=O) groups excluding carboxylic acids is 1. The largest absolute Gasteiger partial charge is 0.487 e. The first-order valence-corrected chi connectivity index (χ1v) is 12.8. The summed E-state index contributed by atoms with van der Waals surface area (Å²) in [5.74, 6) is 0.120. The Morgan fingerprint density at radius 1 is 1.14 bits per heavy atom. The zero-order valence-electron chi connectivity index (χ0n) is 19.2. The Kier molecular flexibility index (Phi) is 8.21. The summed E-state index contributed by atoms with van der Waals surface area (Å²) in [6.07, 6.45) is 5.12. The average molecular weight is 551 g/mol. The molecule has 1 amide bonds. The monoisotopic (exact) mass is 550 g/mol. The molecule has 0 bridgehead atoms. The van der Waals surface area contributed by atoms with Crippen LogP contribution in [0.5, 0.6) is 5.75 Å². The van der Waals surface area contributed by atoms with Gasteiger partial charge in [0.05, 0.1) is 15.1 Å². The summed E-state index contributed by atoms with van der Waals surface area (Å²) in [5.41, 5.74) is 4.22. The Labute approximate surface area is 217 Å². The highest BCUT2D eigenvalue weighted by atomic mass is 79.9. The number of nitrogens with one attached hydrogen (secondary N) is 1. The molecule has 1 aliphatic rings. The molecule has 7 heteroatoms. The van der Waals surface area contributed by atoms with Crippen molar-refractivity contribution < 1.29 is 13.9 Å². The summed E-state index contributed by atoms with van der Waals surface area (Å²) in [7, 11) is 0. The third-order valence-corrected chi connectivity index (χ3v) is 6.86. The molecule has 1 aliphatic heterocycles. The molecule has 3 aromatic carbocycles. The van der Waals surface area contributed by atoms with Gasteiger partial charge in [-0.2, -0.15) is 0 Å². The van der Waals surface area contributed by atoms with Crippen molar-refractivity contribution in [1.29, 1.82) is 0 Å². The van der Waals surface area contributed by atoms with Gasteiger partial charge in [0.2, 0.25) is 0 Å². The summed E-state index contributed by atoms with van der Waals surface area (Å²) in [4.78, 5) is 17.7. The zero-order chi connectivity index (χ0) is 24.8. The van der Waals surface area contributed by atoms with Crippen LogP contribution in [0.4, 0.5) is 10.1 Å². The number of benzene rings is 3. The van der Waals surface area contributed by atoms with Gasteiger partial charge in [-0.3, -0.25) is 4.79 Å². The van der Waals surface area contributed by atoms with E-state index >= 15 is 0 Å². The minimum Gasteiger partial charge on any atom is -0.487 e. The van der Waals surface area contributed by atoms with Gasteiger partial charge in [0, 0.05) is 5.56 Å². The first kappa shape index (κ1) is 24.9. The van der Waals surface area contributed by atoms with Crippen LogP contribution >= 0.6 is 27.7 Å². The van der Waals surface area contributed by atoms with Crippen LogP contribution in [0, 0.1) is 5.82 Å². The number of hydrogen-bond acceptors (Lipinski definition) is 4. The second kappa shape index (κ2) is 11.5. The average Bonchev–Trinajstić information content (AvgIpc) is 3.18. The van der Waals surface area contributed by atoms with Gasteiger partial charge >= 0.3 is 0 Å². The molecule has 4 rings (SSSR count). The standard InChI is InChI=1S/C28H24BrFN2O2S/c1-3-7-20-14-19(15-23(29)26(20)34-17-21-8-5-6-9-24(21)30)16-25-27(33)32-28(35-25)31-22-12-10-18(4-2)11-13-22/h3,5-6,8-16H,1,4,7,17H2,2H3,(H,31,32,33)/b25-16-. The molecule has 1 heterocycles. The molecule has 178 valence electrons. The fourth-order valence-electron chi connectivity index (χ4n) is 3.55. The van der Waals surface area contributed by atoms with Crippen molar-refractivity contribution in [3.8, 4) is 5.75 Å². The molecule has 0 saturated carbocycles. The molecule has 0 aliphatic carbocycles. The van der Waals surface area contributed by atoms with E-state index < -0.39 is 0 Å². The van der Waals surface area contributed by atoms with Gasteiger partial charge in [0.25, 0.3) is 5.91 Å². The number of carbonyl (C=O) groups is 1. The van der Waals surface area contributed by atoms with E-state index in [-0.39, 0.29) is 18.3 Å². The lowest BCUT2D eigenvalue weighted by Gasteiger charge is -2.14. The van der Waals surface area contributed by atoms with Crippen molar-refractivity contribution in [1.82, 2.24) is 5.32 Å². The lowest BCUT2D eigenvalue weighted by molar-refractivity contribution is -0.115. The van der Waals surface area contributed by atoms with Gasteiger partial charge in [-0.1, -0.05) is 43.3 Å². The van der Waals surface area contributed by atoms with E-state index in [1.54, 1.807) is 24.3 Å². The van der Waals surface area contributed by atoms with Crippen molar-refractivity contribution in [2.45, 2.75) is 26.4 Å². The van der Waals surface area contributed by atoms with E-state index in [1.807, 2.05) is 42.5 Å². The molecule has 1 N–H and O–H groups in total. The summed E-state index contributed by atoms with van der Waals surface area (Å²) < 4.78 is 20.7. The first-order valence-electron chi connectivity index (χ1n) is 11.1. The van der Waals surface area contributed by atoms with E-state index in [0.29, 0.717) is 32.3 Å². The Morgan fingerprint density at radius 3 is 2.63 bits per heavy atom. The quantitative estimate of drug-likeness (QED) is 0.235. The molecule has 0 unspecified atom stereocenters. The molecule has 35 heavy (non-hydrogen) atoms. The van der Waals surface area contributed by atoms with E-state index in [0.717, 1.165) is 23.2 Å². The topological polar surface area (TPSA) is 50.7 Å². The van der Waals surface area contributed by atoms with E-state index in [1.165, 1.54) is 23.4 Å². The second-order valence-electron chi connectivity index (χ2n) is 7.87. The number of amides is 1. The number of hydrogen-bond donors (Lipinski definition) is 1. The summed E-state index contributed by atoms with van der Waals surface area (Å²) >= 11 is 4.88. The van der Waals surface area contributed by atoms with Gasteiger partial charge in [-0.25, -0.2) is 9.38 Å². The molecule has 1 fully saturated rings. The summed E-state index contributed by atoms with van der Waals surface area (Å²) in [6.45, 7) is 6.04. The highest BCUT2D eigenvalue weighted by molar-refractivity contribution is 9.10. The lowest BCUT2D eigenvalue weighted by Crippen LogP contribution is -2.19. The molecular weight excluding hydrogens is 527 g/mol. The number of aliphatic imine (C=N–C) groups is 1. The minimum atomic E-state index is -0.307. The van der Waals surface area contributed by atoms with Crippen LogP contribution < -0.4 is 10.1 Å². The van der Waals surface area contributed by atoms with Gasteiger partial charge in [-0.05, 0) is 93.6 Å². The molecule has 3 aromatic rings. The fraction of sp³-hybridized carbons (Fsp3) is 0.143. The zero-order valence-corrected chi connectivity index (χ0v) is 21.6. The lowest BCUT2D eigenvalue weighted by atomic mass is 10.1. The number of halogens is 2. The van der Waals surface area contributed by atoms with Crippen molar-refractivity contribution in [3.05, 3.63) is 111 Å². The molecular formula is C28H24BrFN2O2S. The molecule has 0 atom stereocenters. The van der Waals surface area contributed by atoms with Crippen molar-refractivity contribution in [3.63, 3.8) is 0 Å². The van der Waals surface area contributed by atoms with Crippen LogP contribution in [0.15, 0.2) is 87.7 Å². The SMILES string of the molecule is C=CCc1cc(/C=C2\SC(=Nc3ccc(CC)cc3)NC2=O)cc(Br)c1OCc1ccccc1F. The third kappa shape index (κ3) is 6.29. The highest BCUT2D eigenvalue weighted by Gasteiger charge is 2.24. The van der Waals surface area contributed by atoms with Crippen LogP contribution in [-0.4, -0.2) is 11.1 Å². The van der Waals surface area contributed by atoms with Crippen LogP contribution in [-0.2, 0) is 24.2 Å².